The second-order valence-electron chi connectivity index (χ2n) is 4.61. The highest BCUT2D eigenvalue weighted by Crippen LogP contribution is 2.29. The topological polar surface area (TPSA) is 57.6 Å². The number of aliphatic carboxylic acids is 1. The Bertz CT molecular complexity index is 257. The van der Waals surface area contributed by atoms with Gasteiger partial charge in [-0.3, -0.25) is 9.59 Å². The highest BCUT2D eigenvalue weighted by atomic mass is 16.4. The van der Waals surface area contributed by atoms with E-state index in [0.29, 0.717) is 5.92 Å². The lowest BCUT2D eigenvalue weighted by molar-refractivity contribution is -0.143. The smallest absolute Gasteiger partial charge is 0.306 e. The molecule has 1 aliphatic carbocycles. The maximum Gasteiger partial charge on any atom is 0.306 e. The van der Waals surface area contributed by atoms with Crippen LogP contribution >= 0.6 is 0 Å². The fourth-order valence-corrected chi connectivity index (χ4v) is 2.38. The number of hydrogen-bond donors (Lipinski definition) is 1. The number of carboxylic acid groups (broad SMARTS) is 1. The van der Waals surface area contributed by atoms with Gasteiger partial charge in [0, 0.05) is 20.0 Å². The largest absolute Gasteiger partial charge is 0.481 e. The molecule has 1 rings (SSSR count). The van der Waals surface area contributed by atoms with Crippen molar-refractivity contribution in [1.82, 2.24) is 4.90 Å². The third kappa shape index (κ3) is 3.51. The van der Waals surface area contributed by atoms with Gasteiger partial charge in [0.1, 0.15) is 0 Å². The third-order valence-electron chi connectivity index (χ3n) is 3.50. The van der Waals surface area contributed by atoms with Crippen molar-refractivity contribution in [3.63, 3.8) is 0 Å². The molecule has 1 amide bonds. The van der Waals surface area contributed by atoms with Crippen LogP contribution in [0.15, 0.2) is 0 Å². The van der Waals surface area contributed by atoms with E-state index >= 15 is 0 Å². The second kappa shape index (κ2) is 5.87. The molecule has 0 radical (unpaired) electrons. The number of amides is 1. The molecule has 0 spiro atoms. The van der Waals surface area contributed by atoms with Crippen molar-refractivity contribution >= 4 is 11.9 Å². The maximum absolute atomic E-state index is 11.3. The number of nitrogens with zero attached hydrogens (tertiary/aromatic N) is 1. The number of carboxylic acids is 1. The summed E-state index contributed by atoms with van der Waals surface area (Å²) < 4.78 is 0. The summed E-state index contributed by atoms with van der Waals surface area (Å²) >= 11 is 0. The molecule has 0 saturated heterocycles. The zero-order chi connectivity index (χ0) is 12.1. The summed E-state index contributed by atoms with van der Waals surface area (Å²) in [5.74, 6) is -0.233. The average molecular weight is 227 g/mol. The van der Waals surface area contributed by atoms with Crippen LogP contribution in [0, 0.1) is 11.8 Å². The average Bonchev–Trinajstić information content (AvgIpc) is 2.26. The minimum atomic E-state index is -0.669. The van der Waals surface area contributed by atoms with Crippen LogP contribution < -0.4 is 0 Å². The van der Waals surface area contributed by atoms with Crippen molar-refractivity contribution in [2.45, 2.75) is 39.5 Å². The molecular weight excluding hydrogens is 206 g/mol. The highest BCUT2D eigenvalue weighted by molar-refractivity contribution is 5.73. The zero-order valence-corrected chi connectivity index (χ0v) is 10.1. The minimum Gasteiger partial charge on any atom is -0.481 e. The summed E-state index contributed by atoms with van der Waals surface area (Å²) in [6.45, 7) is 5.10. The van der Waals surface area contributed by atoms with Crippen molar-refractivity contribution in [2.75, 3.05) is 13.1 Å². The first-order valence-corrected chi connectivity index (χ1v) is 6.02. The van der Waals surface area contributed by atoms with E-state index in [-0.39, 0.29) is 11.8 Å². The van der Waals surface area contributed by atoms with Gasteiger partial charge in [-0.2, -0.15) is 0 Å². The Morgan fingerprint density at radius 3 is 2.19 bits per heavy atom. The van der Waals surface area contributed by atoms with E-state index in [1.165, 1.54) is 0 Å². The highest BCUT2D eigenvalue weighted by Gasteiger charge is 2.27. The van der Waals surface area contributed by atoms with E-state index in [2.05, 4.69) is 0 Å². The van der Waals surface area contributed by atoms with Crippen LogP contribution in [0.1, 0.15) is 39.5 Å². The second-order valence-corrected chi connectivity index (χ2v) is 4.61. The van der Waals surface area contributed by atoms with Crippen LogP contribution in [0.3, 0.4) is 0 Å². The molecule has 16 heavy (non-hydrogen) atoms. The van der Waals surface area contributed by atoms with E-state index in [1.807, 2.05) is 11.8 Å². The molecule has 0 aromatic carbocycles. The number of carbonyl (C=O) groups excluding carboxylic acids is 1. The number of rotatable bonds is 4. The summed E-state index contributed by atoms with van der Waals surface area (Å²) in [6, 6.07) is 0. The minimum absolute atomic E-state index is 0.114. The molecular formula is C12H21NO3. The van der Waals surface area contributed by atoms with E-state index in [4.69, 9.17) is 5.11 Å². The van der Waals surface area contributed by atoms with Crippen molar-refractivity contribution < 1.29 is 14.7 Å². The summed E-state index contributed by atoms with van der Waals surface area (Å²) in [5.41, 5.74) is 0. The number of carbonyl (C=O) groups is 2. The molecule has 4 nitrogen and oxygen atoms in total. The molecule has 4 heteroatoms. The first-order valence-electron chi connectivity index (χ1n) is 6.02. The van der Waals surface area contributed by atoms with E-state index in [9.17, 15) is 9.59 Å². The van der Waals surface area contributed by atoms with Gasteiger partial charge < -0.3 is 10.0 Å². The van der Waals surface area contributed by atoms with Gasteiger partial charge in [-0.15, -0.1) is 0 Å². The number of hydrogen-bond acceptors (Lipinski definition) is 2. The summed E-state index contributed by atoms with van der Waals surface area (Å²) in [6.07, 6.45) is 3.38. The molecule has 0 bridgehead atoms. The standard InChI is InChI=1S/C12H21NO3/c1-3-13(9(2)14)8-10-4-6-11(7-5-10)12(15)16/h10-11H,3-8H2,1-2H3,(H,15,16). The molecule has 0 heterocycles. The van der Waals surface area contributed by atoms with Gasteiger partial charge in [0.25, 0.3) is 0 Å². The van der Waals surface area contributed by atoms with E-state index in [1.54, 1.807) is 6.92 Å². The molecule has 1 fully saturated rings. The molecule has 0 aromatic rings. The van der Waals surface area contributed by atoms with Crippen LogP contribution in [0.4, 0.5) is 0 Å². The summed E-state index contributed by atoms with van der Waals surface area (Å²) in [5, 5.41) is 8.88. The SMILES string of the molecule is CCN(CC1CCC(C(=O)O)CC1)C(C)=O. The van der Waals surface area contributed by atoms with Crippen molar-refractivity contribution in [2.24, 2.45) is 11.8 Å². The first kappa shape index (κ1) is 13.0. The monoisotopic (exact) mass is 227 g/mol. The van der Waals surface area contributed by atoms with Crippen LogP contribution in [-0.2, 0) is 9.59 Å². The van der Waals surface area contributed by atoms with Crippen molar-refractivity contribution in [1.29, 1.82) is 0 Å². The molecule has 1 aliphatic rings. The van der Waals surface area contributed by atoms with Crippen LogP contribution in [0.25, 0.3) is 0 Å². The normalized spacial score (nSPS) is 25.1. The van der Waals surface area contributed by atoms with Crippen LogP contribution in [0.2, 0.25) is 0 Å². The predicted octanol–water partition coefficient (Wildman–Crippen LogP) is 1.75. The van der Waals surface area contributed by atoms with E-state index in [0.717, 1.165) is 38.8 Å². The van der Waals surface area contributed by atoms with Gasteiger partial charge in [0.2, 0.25) is 5.91 Å². The van der Waals surface area contributed by atoms with Gasteiger partial charge in [-0.25, -0.2) is 0 Å². The first-order chi connectivity index (χ1) is 7.54. The fourth-order valence-electron chi connectivity index (χ4n) is 2.38. The van der Waals surface area contributed by atoms with Crippen molar-refractivity contribution in [3.8, 4) is 0 Å². The lowest BCUT2D eigenvalue weighted by Crippen LogP contribution is -2.35. The molecule has 0 aliphatic heterocycles. The Hall–Kier alpha value is -1.06. The van der Waals surface area contributed by atoms with Gasteiger partial charge in [-0.05, 0) is 38.5 Å². The summed E-state index contributed by atoms with van der Waals surface area (Å²) in [4.78, 5) is 23.9. The Morgan fingerprint density at radius 2 is 1.81 bits per heavy atom. The molecule has 1 N–H and O–H groups in total. The van der Waals surface area contributed by atoms with E-state index < -0.39 is 5.97 Å². The Morgan fingerprint density at radius 1 is 1.25 bits per heavy atom. The van der Waals surface area contributed by atoms with Crippen LogP contribution in [0.5, 0.6) is 0 Å². The Kier molecular flexibility index (Phi) is 4.77. The molecule has 0 aromatic heterocycles. The molecule has 1 saturated carbocycles. The van der Waals surface area contributed by atoms with Gasteiger partial charge in [0.05, 0.1) is 5.92 Å². The van der Waals surface area contributed by atoms with Crippen molar-refractivity contribution in [3.05, 3.63) is 0 Å². The van der Waals surface area contributed by atoms with Crippen LogP contribution in [-0.4, -0.2) is 35.0 Å². The lowest BCUT2D eigenvalue weighted by atomic mass is 9.82. The van der Waals surface area contributed by atoms with Gasteiger partial charge >= 0.3 is 5.97 Å². The molecule has 92 valence electrons. The lowest BCUT2D eigenvalue weighted by Gasteiger charge is -2.30. The molecule has 0 unspecified atom stereocenters. The van der Waals surface area contributed by atoms with Gasteiger partial charge in [0.15, 0.2) is 0 Å². The summed E-state index contributed by atoms with van der Waals surface area (Å²) in [7, 11) is 0. The fraction of sp³-hybridized carbons (Fsp3) is 0.833. The van der Waals surface area contributed by atoms with Gasteiger partial charge in [-0.1, -0.05) is 0 Å². The quantitative estimate of drug-likeness (QED) is 0.796. The molecule has 0 atom stereocenters. The maximum atomic E-state index is 11.3. The Labute approximate surface area is 96.6 Å². The zero-order valence-electron chi connectivity index (χ0n) is 10.1. The Balaban J connectivity index is 2.36. The predicted molar refractivity (Wildman–Crippen MR) is 61.0 cm³/mol. The third-order valence-corrected chi connectivity index (χ3v) is 3.50.